The number of nitrogens with zero attached hydrogens (tertiary/aromatic N) is 2. The van der Waals surface area contributed by atoms with Gasteiger partial charge in [0.05, 0.1) is 5.75 Å². The van der Waals surface area contributed by atoms with E-state index < -0.39 is 11.6 Å². The minimum atomic E-state index is -0.628. The van der Waals surface area contributed by atoms with Crippen molar-refractivity contribution in [3.05, 3.63) is 84.3 Å². The first-order valence-corrected chi connectivity index (χ1v) is 11.4. The lowest BCUT2D eigenvalue weighted by Gasteiger charge is -2.22. The van der Waals surface area contributed by atoms with Crippen molar-refractivity contribution >= 4 is 28.8 Å². The normalized spacial score (nSPS) is 16.1. The van der Waals surface area contributed by atoms with Crippen LogP contribution in [0.25, 0.3) is 22.2 Å². The van der Waals surface area contributed by atoms with Gasteiger partial charge in [0.1, 0.15) is 23.2 Å². The molecule has 32 heavy (non-hydrogen) atoms. The van der Waals surface area contributed by atoms with Crippen molar-refractivity contribution in [2.24, 2.45) is 0 Å². The van der Waals surface area contributed by atoms with Crippen molar-refractivity contribution < 1.29 is 18.0 Å². The fraction of sp³-hybridized carbons (Fsp3) is 0.200. The molecule has 4 aromatic rings. The van der Waals surface area contributed by atoms with E-state index >= 15 is 0 Å². The molecule has 0 bridgehead atoms. The van der Waals surface area contributed by atoms with Crippen LogP contribution < -0.4 is 0 Å². The first kappa shape index (κ1) is 20.7. The van der Waals surface area contributed by atoms with Crippen molar-refractivity contribution in [2.75, 3.05) is 12.3 Å². The first-order chi connectivity index (χ1) is 15.6. The molecular formula is C25H20F2N2O2S. The zero-order valence-corrected chi connectivity index (χ0v) is 17.9. The molecule has 1 saturated heterocycles. The summed E-state index contributed by atoms with van der Waals surface area (Å²) in [6.07, 6.45) is 1.67. The second-order valence-corrected chi connectivity index (χ2v) is 8.75. The van der Waals surface area contributed by atoms with Crippen LogP contribution in [-0.4, -0.2) is 28.1 Å². The van der Waals surface area contributed by atoms with Crippen LogP contribution in [0.15, 0.2) is 76.0 Å². The minimum Gasteiger partial charge on any atom is -0.438 e. The molecule has 0 saturated carbocycles. The van der Waals surface area contributed by atoms with E-state index in [1.807, 2.05) is 35.2 Å². The number of benzene rings is 3. The van der Waals surface area contributed by atoms with Crippen LogP contribution in [-0.2, 0) is 4.79 Å². The van der Waals surface area contributed by atoms with Crippen molar-refractivity contribution in [3.63, 3.8) is 0 Å². The smallest absolute Gasteiger partial charge is 0.233 e. The molecule has 1 amide bonds. The van der Waals surface area contributed by atoms with E-state index in [2.05, 4.69) is 4.98 Å². The number of hydrogen-bond acceptors (Lipinski definition) is 4. The number of fused-ring (bicyclic) bond motifs is 1. The number of rotatable bonds is 5. The van der Waals surface area contributed by atoms with E-state index in [0.29, 0.717) is 40.4 Å². The Labute approximate surface area is 188 Å². The van der Waals surface area contributed by atoms with Crippen LogP contribution >= 0.6 is 11.8 Å². The van der Waals surface area contributed by atoms with Crippen molar-refractivity contribution in [2.45, 2.75) is 23.8 Å². The Morgan fingerprint density at radius 1 is 1.09 bits per heavy atom. The number of oxazole rings is 1. The molecule has 0 spiro atoms. The number of likely N-dealkylation sites (tertiary alicyclic amines) is 1. The summed E-state index contributed by atoms with van der Waals surface area (Å²) in [5.41, 5.74) is 2.05. The van der Waals surface area contributed by atoms with Gasteiger partial charge in [0.25, 0.3) is 0 Å². The van der Waals surface area contributed by atoms with Gasteiger partial charge in [0.15, 0.2) is 5.58 Å². The predicted molar refractivity (Wildman–Crippen MR) is 120 cm³/mol. The van der Waals surface area contributed by atoms with Crippen LogP contribution in [0.1, 0.15) is 24.8 Å². The Kier molecular flexibility index (Phi) is 5.66. The second kappa shape index (κ2) is 8.74. The highest BCUT2D eigenvalue weighted by Crippen LogP contribution is 2.35. The molecule has 0 aliphatic carbocycles. The summed E-state index contributed by atoms with van der Waals surface area (Å²) in [5, 5.41) is 0. The Bertz CT molecular complexity index is 1280. The number of halogens is 2. The van der Waals surface area contributed by atoms with E-state index in [0.717, 1.165) is 23.8 Å². The zero-order valence-electron chi connectivity index (χ0n) is 17.1. The lowest BCUT2D eigenvalue weighted by atomic mass is 10.0. The largest absolute Gasteiger partial charge is 0.438 e. The van der Waals surface area contributed by atoms with Gasteiger partial charge < -0.3 is 9.32 Å². The SMILES string of the molecule is O=C(CSc1ccccc1)N1CCCC1c1nc2cc(-c3ccc(F)cc3F)ccc2o1. The quantitative estimate of drug-likeness (QED) is 0.338. The van der Waals surface area contributed by atoms with Crippen molar-refractivity contribution in [1.82, 2.24) is 9.88 Å². The van der Waals surface area contributed by atoms with Gasteiger partial charge in [-0.05, 0) is 54.8 Å². The lowest BCUT2D eigenvalue weighted by molar-refractivity contribution is -0.129. The summed E-state index contributed by atoms with van der Waals surface area (Å²) in [6.45, 7) is 0.670. The molecule has 4 nitrogen and oxygen atoms in total. The van der Waals surface area contributed by atoms with Crippen LogP contribution in [0.5, 0.6) is 0 Å². The predicted octanol–water partition coefficient (Wildman–Crippen LogP) is 6.23. The first-order valence-electron chi connectivity index (χ1n) is 10.4. The van der Waals surface area contributed by atoms with E-state index in [1.165, 1.54) is 23.9 Å². The zero-order chi connectivity index (χ0) is 22.1. The fourth-order valence-electron chi connectivity index (χ4n) is 4.05. The number of thioether (sulfide) groups is 1. The number of carbonyl (C=O) groups is 1. The molecule has 0 N–H and O–H groups in total. The standard InChI is InChI=1S/C25H20F2N2O2S/c26-17-9-10-19(20(27)14-17)16-8-11-23-21(13-16)28-25(31-23)22-7-4-12-29(22)24(30)15-32-18-5-2-1-3-6-18/h1-3,5-6,8-11,13-14,22H,4,7,12,15H2. The van der Waals surface area contributed by atoms with Gasteiger partial charge in [0, 0.05) is 23.1 Å². The van der Waals surface area contributed by atoms with E-state index in [1.54, 1.807) is 18.2 Å². The number of carbonyl (C=O) groups excluding carboxylic acids is 1. The van der Waals surface area contributed by atoms with Gasteiger partial charge >= 0.3 is 0 Å². The maximum absolute atomic E-state index is 14.2. The highest BCUT2D eigenvalue weighted by Gasteiger charge is 2.33. The third kappa shape index (κ3) is 4.12. The van der Waals surface area contributed by atoms with Crippen LogP contribution in [0.2, 0.25) is 0 Å². The van der Waals surface area contributed by atoms with Crippen LogP contribution in [0.3, 0.4) is 0 Å². The van der Waals surface area contributed by atoms with Gasteiger partial charge in [-0.2, -0.15) is 0 Å². The average molecular weight is 451 g/mol. The fourth-order valence-corrected chi connectivity index (χ4v) is 4.85. The number of amides is 1. The molecule has 2 heterocycles. The minimum absolute atomic E-state index is 0.0534. The molecule has 1 unspecified atom stereocenters. The van der Waals surface area contributed by atoms with Gasteiger partial charge in [-0.3, -0.25) is 4.79 Å². The molecule has 0 radical (unpaired) electrons. The summed E-state index contributed by atoms with van der Waals surface area (Å²) < 4.78 is 33.4. The van der Waals surface area contributed by atoms with Crippen LogP contribution in [0, 0.1) is 11.6 Å². The molecule has 1 aromatic heterocycles. The Morgan fingerprint density at radius 3 is 2.75 bits per heavy atom. The van der Waals surface area contributed by atoms with Gasteiger partial charge in [-0.1, -0.05) is 24.3 Å². The van der Waals surface area contributed by atoms with Gasteiger partial charge in [-0.25, -0.2) is 13.8 Å². The third-order valence-electron chi connectivity index (χ3n) is 5.61. The maximum Gasteiger partial charge on any atom is 0.233 e. The Hall–Kier alpha value is -3.19. The Balaban J connectivity index is 1.37. The topological polar surface area (TPSA) is 46.3 Å². The van der Waals surface area contributed by atoms with E-state index in [9.17, 15) is 13.6 Å². The molecule has 7 heteroatoms. The summed E-state index contributed by atoms with van der Waals surface area (Å²) in [7, 11) is 0. The molecule has 162 valence electrons. The summed E-state index contributed by atoms with van der Waals surface area (Å²) in [4.78, 5) is 20.4. The third-order valence-corrected chi connectivity index (χ3v) is 6.61. The summed E-state index contributed by atoms with van der Waals surface area (Å²) in [6, 6.07) is 18.3. The van der Waals surface area contributed by atoms with Gasteiger partial charge in [-0.15, -0.1) is 11.8 Å². The average Bonchev–Trinajstić information content (AvgIpc) is 3.44. The Morgan fingerprint density at radius 2 is 1.94 bits per heavy atom. The molecule has 1 aliphatic rings. The highest BCUT2D eigenvalue weighted by atomic mass is 32.2. The van der Waals surface area contributed by atoms with Crippen LogP contribution in [0.4, 0.5) is 8.78 Å². The number of hydrogen-bond donors (Lipinski definition) is 0. The van der Waals surface area contributed by atoms with Gasteiger partial charge in [0.2, 0.25) is 11.8 Å². The summed E-state index contributed by atoms with van der Waals surface area (Å²) >= 11 is 1.52. The summed E-state index contributed by atoms with van der Waals surface area (Å²) in [5.74, 6) is -0.344. The molecule has 1 fully saturated rings. The molecular weight excluding hydrogens is 430 g/mol. The van der Waals surface area contributed by atoms with E-state index in [-0.39, 0.29) is 11.9 Å². The van der Waals surface area contributed by atoms with Crippen molar-refractivity contribution in [1.29, 1.82) is 0 Å². The number of aromatic nitrogens is 1. The highest BCUT2D eigenvalue weighted by molar-refractivity contribution is 8.00. The lowest BCUT2D eigenvalue weighted by Crippen LogP contribution is -2.32. The molecule has 1 atom stereocenters. The molecule has 5 rings (SSSR count). The molecule has 3 aromatic carbocycles. The second-order valence-electron chi connectivity index (χ2n) is 7.71. The molecule has 1 aliphatic heterocycles. The monoisotopic (exact) mass is 450 g/mol. The maximum atomic E-state index is 14.2. The van der Waals surface area contributed by atoms with Crippen molar-refractivity contribution in [3.8, 4) is 11.1 Å². The van der Waals surface area contributed by atoms with E-state index in [4.69, 9.17) is 4.42 Å².